The molecule has 3 rings (SSSR count). The van der Waals surface area contributed by atoms with E-state index in [1.54, 1.807) is 38.1 Å². The van der Waals surface area contributed by atoms with Gasteiger partial charge in [0.15, 0.2) is 0 Å². The number of hydrazone groups is 1. The molecule has 0 aliphatic heterocycles. The molecule has 184 valence electrons. The first-order chi connectivity index (χ1) is 16.4. The van der Waals surface area contributed by atoms with Crippen LogP contribution in [-0.4, -0.2) is 27.1 Å². The Balaban J connectivity index is 1.90. The summed E-state index contributed by atoms with van der Waals surface area (Å²) < 4.78 is 67.4. The maximum atomic E-state index is 13.5. The number of hydrogen-bond donors (Lipinski definition) is 1. The lowest BCUT2D eigenvalue weighted by Gasteiger charge is -2.25. The van der Waals surface area contributed by atoms with Gasteiger partial charge in [-0.3, -0.25) is 9.10 Å². The highest BCUT2D eigenvalue weighted by molar-refractivity contribution is 7.92. The fraction of sp³-hybridized carbons (Fsp3) is 0.200. The van der Waals surface area contributed by atoms with Crippen LogP contribution in [0.5, 0.6) is 0 Å². The molecule has 0 aromatic heterocycles. The highest BCUT2D eigenvalue weighted by Gasteiger charge is 2.32. The van der Waals surface area contributed by atoms with Gasteiger partial charge < -0.3 is 0 Å². The molecule has 0 saturated carbocycles. The summed E-state index contributed by atoms with van der Waals surface area (Å²) in [4.78, 5) is 12.7. The molecule has 0 saturated heterocycles. The molecule has 1 amide bonds. The van der Waals surface area contributed by atoms with Gasteiger partial charge in [0.05, 0.1) is 22.4 Å². The number of carbonyl (C=O) groups excluding carboxylic acids is 1. The van der Waals surface area contributed by atoms with E-state index in [1.165, 1.54) is 30.3 Å². The van der Waals surface area contributed by atoms with Crippen LogP contribution in [0.1, 0.15) is 27.8 Å². The first-order valence-electron chi connectivity index (χ1n) is 10.5. The Morgan fingerprint density at radius 2 is 1.60 bits per heavy atom. The molecule has 0 spiro atoms. The average Bonchev–Trinajstić information content (AvgIpc) is 2.79. The van der Waals surface area contributed by atoms with Crippen LogP contribution < -0.4 is 9.73 Å². The number of benzene rings is 3. The van der Waals surface area contributed by atoms with Crippen molar-refractivity contribution in [2.24, 2.45) is 5.10 Å². The highest BCUT2D eigenvalue weighted by atomic mass is 32.2. The normalized spacial score (nSPS) is 12.1. The van der Waals surface area contributed by atoms with E-state index >= 15 is 0 Å². The van der Waals surface area contributed by atoms with Crippen molar-refractivity contribution in [3.8, 4) is 0 Å². The Kier molecular flexibility index (Phi) is 7.64. The minimum absolute atomic E-state index is 0.000544. The van der Waals surface area contributed by atoms with Gasteiger partial charge in [-0.1, -0.05) is 48.0 Å². The Hall–Kier alpha value is -3.66. The quantitative estimate of drug-likeness (QED) is 0.365. The van der Waals surface area contributed by atoms with Gasteiger partial charge in [-0.25, -0.2) is 13.8 Å². The molecule has 0 radical (unpaired) electrons. The predicted molar refractivity (Wildman–Crippen MR) is 129 cm³/mol. The summed E-state index contributed by atoms with van der Waals surface area (Å²) in [7, 11) is -4.14. The number of halogens is 3. The van der Waals surface area contributed by atoms with E-state index in [0.29, 0.717) is 11.3 Å². The molecule has 0 aliphatic carbocycles. The number of sulfonamides is 1. The Morgan fingerprint density at radius 3 is 2.26 bits per heavy atom. The van der Waals surface area contributed by atoms with Crippen molar-refractivity contribution in [3.63, 3.8) is 0 Å². The lowest BCUT2D eigenvalue weighted by Crippen LogP contribution is -2.40. The molecule has 3 aromatic rings. The van der Waals surface area contributed by atoms with E-state index < -0.39 is 34.2 Å². The Bertz CT molecular complexity index is 1350. The van der Waals surface area contributed by atoms with Gasteiger partial charge in [-0.05, 0) is 56.2 Å². The van der Waals surface area contributed by atoms with E-state index in [-0.39, 0.29) is 10.5 Å². The largest absolute Gasteiger partial charge is 0.417 e. The molecule has 3 aromatic carbocycles. The third-order valence-corrected chi connectivity index (χ3v) is 6.96. The molecule has 0 aliphatic rings. The van der Waals surface area contributed by atoms with Crippen LogP contribution >= 0.6 is 0 Å². The lowest BCUT2D eigenvalue weighted by atomic mass is 10.1. The number of aryl methyl sites for hydroxylation is 3. The predicted octanol–water partition coefficient (Wildman–Crippen LogP) is 4.98. The van der Waals surface area contributed by atoms with Gasteiger partial charge in [0.25, 0.3) is 15.9 Å². The maximum Gasteiger partial charge on any atom is 0.417 e. The van der Waals surface area contributed by atoms with Crippen molar-refractivity contribution in [1.82, 2.24) is 5.43 Å². The first kappa shape index (κ1) is 26.0. The second kappa shape index (κ2) is 10.3. The SMILES string of the molecule is Cc1ccc(S(=O)(=O)N(CC(=O)N/N=C\c2ccccc2C(F)(F)F)c2cc(C)ccc2C)cc1. The second-order valence-electron chi connectivity index (χ2n) is 7.99. The number of nitrogens with zero attached hydrogens (tertiary/aromatic N) is 2. The van der Waals surface area contributed by atoms with Crippen molar-refractivity contribution in [2.75, 3.05) is 10.8 Å². The summed E-state index contributed by atoms with van der Waals surface area (Å²) in [5.41, 5.74) is 3.59. The van der Waals surface area contributed by atoms with E-state index in [2.05, 4.69) is 10.5 Å². The van der Waals surface area contributed by atoms with Crippen molar-refractivity contribution in [3.05, 3.63) is 94.5 Å². The van der Waals surface area contributed by atoms with Gasteiger partial charge in [0.1, 0.15) is 6.54 Å². The van der Waals surface area contributed by atoms with Gasteiger partial charge in [-0.2, -0.15) is 18.3 Å². The highest BCUT2D eigenvalue weighted by Crippen LogP contribution is 2.31. The maximum absolute atomic E-state index is 13.5. The fourth-order valence-electron chi connectivity index (χ4n) is 3.33. The summed E-state index contributed by atoms with van der Waals surface area (Å²) in [5, 5.41) is 3.62. The second-order valence-corrected chi connectivity index (χ2v) is 9.86. The topological polar surface area (TPSA) is 78.8 Å². The smallest absolute Gasteiger partial charge is 0.271 e. The zero-order valence-electron chi connectivity index (χ0n) is 19.3. The molecule has 0 atom stereocenters. The zero-order valence-corrected chi connectivity index (χ0v) is 20.1. The standard InChI is InChI=1S/C25H24F3N3O3S/c1-17-9-12-21(13-10-17)35(33,34)31(23-14-18(2)8-11-19(23)3)16-24(32)30-29-15-20-6-4-5-7-22(20)25(26,27)28/h4-15H,16H2,1-3H3,(H,30,32)/b29-15-. The zero-order chi connectivity index (χ0) is 25.8. The minimum atomic E-state index is -4.59. The Morgan fingerprint density at radius 1 is 0.971 bits per heavy atom. The molecular weight excluding hydrogens is 479 g/mol. The van der Waals surface area contributed by atoms with Crippen LogP contribution in [-0.2, 0) is 21.0 Å². The van der Waals surface area contributed by atoms with E-state index in [1.807, 2.05) is 13.0 Å². The Labute approximate surface area is 202 Å². The summed E-state index contributed by atoms with van der Waals surface area (Å²) in [5.74, 6) is -0.817. The number of carbonyl (C=O) groups is 1. The van der Waals surface area contributed by atoms with Crippen molar-refractivity contribution < 1.29 is 26.4 Å². The van der Waals surface area contributed by atoms with E-state index in [4.69, 9.17) is 0 Å². The molecular formula is C25H24F3N3O3S. The molecule has 0 unspecified atom stereocenters. The van der Waals surface area contributed by atoms with Gasteiger partial charge in [0, 0.05) is 5.56 Å². The number of amides is 1. The molecule has 1 N–H and O–H groups in total. The molecule has 10 heteroatoms. The van der Waals surface area contributed by atoms with Crippen molar-refractivity contribution >= 4 is 27.8 Å². The monoisotopic (exact) mass is 503 g/mol. The van der Waals surface area contributed by atoms with Crippen LogP contribution in [0.15, 0.2) is 76.7 Å². The van der Waals surface area contributed by atoms with E-state index in [9.17, 15) is 26.4 Å². The number of nitrogens with one attached hydrogen (secondary N) is 1. The average molecular weight is 504 g/mol. The van der Waals surface area contributed by atoms with Crippen LogP contribution in [0.25, 0.3) is 0 Å². The molecule has 6 nitrogen and oxygen atoms in total. The number of hydrogen-bond acceptors (Lipinski definition) is 4. The van der Waals surface area contributed by atoms with Crippen LogP contribution in [0, 0.1) is 20.8 Å². The lowest BCUT2D eigenvalue weighted by molar-refractivity contribution is -0.137. The van der Waals surface area contributed by atoms with Gasteiger partial charge in [-0.15, -0.1) is 0 Å². The molecule has 35 heavy (non-hydrogen) atoms. The van der Waals surface area contributed by atoms with Crippen LogP contribution in [0.3, 0.4) is 0 Å². The first-order valence-corrected chi connectivity index (χ1v) is 12.0. The molecule has 0 bridgehead atoms. The summed E-state index contributed by atoms with van der Waals surface area (Å²) >= 11 is 0. The van der Waals surface area contributed by atoms with Gasteiger partial charge >= 0.3 is 6.18 Å². The number of alkyl halides is 3. The van der Waals surface area contributed by atoms with Crippen LogP contribution in [0.2, 0.25) is 0 Å². The van der Waals surface area contributed by atoms with Crippen molar-refractivity contribution in [2.45, 2.75) is 31.8 Å². The summed E-state index contributed by atoms with van der Waals surface area (Å²) in [6.07, 6.45) is -3.72. The number of rotatable bonds is 7. The third-order valence-electron chi connectivity index (χ3n) is 5.19. The third kappa shape index (κ3) is 6.27. The summed E-state index contributed by atoms with van der Waals surface area (Å²) in [6, 6.07) is 16.2. The summed E-state index contributed by atoms with van der Waals surface area (Å²) in [6.45, 7) is 4.71. The minimum Gasteiger partial charge on any atom is -0.271 e. The molecule has 0 heterocycles. The fourth-order valence-corrected chi connectivity index (χ4v) is 4.81. The number of anilines is 1. The van der Waals surface area contributed by atoms with E-state index in [0.717, 1.165) is 27.7 Å². The van der Waals surface area contributed by atoms with Gasteiger partial charge in [0.2, 0.25) is 0 Å². The van der Waals surface area contributed by atoms with Crippen LogP contribution in [0.4, 0.5) is 18.9 Å². The molecule has 0 fully saturated rings. The van der Waals surface area contributed by atoms with Crippen molar-refractivity contribution in [1.29, 1.82) is 0 Å².